The fourth-order valence-electron chi connectivity index (χ4n) is 3.73. The number of aryl methyl sites for hydroxylation is 1. The van der Waals surface area contributed by atoms with E-state index < -0.39 is 46.2 Å². The molecule has 12 heteroatoms. The summed E-state index contributed by atoms with van der Waals surface area (Å²) >= 11 is 0. The number of carbonyl (C=O) groups excluding carboxylic acids is 2. The molecule has 0 saturated carbocycles. The minimum Gasteiger partial charge on any atom is -0.497 e. The van der Waals surface area contributed by atoms with Gasteiger partial charge in [0.1, 0.15) is 17.1 Å². The van der Waals surface area contributed by atoms with E-state index in [4.69, 9.17) is 4.74 Å². The minimum absolute atomic E-state index is 0.0977. The lowest BCUT2D eigenvalue weighted by atomic mass is 9.91. The molecule has 1 atom stereocenters. The zero-order valence-corrected chi connectivity index (χ0v) is 17.7. The Kier molecular flexibility index (Phi) is 5.31. The van der Waals surface area contributed by atoms with Gasteiger partial charge in [-0.05, 0) is 37.3 Å². The minimum atomic E-state index is -5.45. The van der Waals surface area contributed by atoms with E-state index in [1.54, 1.807) is 24.4 Å². The zero-order valence-electron chi connectivity index (χ0n) is 17.7. The molecule has 2 aromatic carbocycles. The molecule has 0 saturated heterocycles. The van der Waals surface area contributed by atoms with Crippen molar-refractivity contribution < 1.29 is 27.5 Å². The molecule has 0 aliphatic carbocycles. The van der Waals surface area contributed by atoms with Crippen molar-refractivity contribution in [1.82, 2.24) is 14.9 Å². The van der Waals surface area contributed by atoms with Crippen LogP contribution in [0.5, 0.6) is 5.75 Å². The number of carbonyl (C=O) groups is 2. The fraction of sp³-hybridized carbons (Fsp3) is 0.182. The number of anilines is 1. The first kappa shape index (κ1) is 22.8. The SMILES string of the molecule is COc1cccc(C(=O)N[C@]2(C(F)(F)F)C(=O)Nc3c2c(=O)[nH]c(=O)n3-c2ccc(C)cc2)c1. The zero-order chi connectivity index (χ0) is 24.8. The van der Waals surface area contributed by atoms with Crippen molar-refractivity contribution in [3.63, 3.8) is 0 Å². The number of H-pyrrole nitrogens is 1. The van der Waals surface area contributed by atoms with Crippen LogP contribution in [0, 0.1) is 6.92 Å². The van der Waals surface area contributed by atoms with Gasteiger partial charge in [0.25, 0.3) is 22.9 Å². The molecule has 0 radical (unpaired) electrons. The van der Waals surface area contributed by atoms with Crippen LogP contribution in [-0.4, -0.2) is 34.7 Å². The third-order valence-electron chi connectivity index (χ3n) is 5.41. The lowest BCUT2D eigenvalue weighted by Gasteiger charge is -2.30. The molecule has 2 amide bonds. The highest BCUT2D eigenvalue weighted by Gasteiger charge is 2.68. The van der Waals surface area contributed by atoms with Gasteiger partial charge >= 0.3 is 11.9 Å². The van der Waals surface area contributed by atoms with E-state index in [1.165, 1.54) is 43.5 Å². The number of hydrogen-bond acceptors (Lipinski definition) is 5. The van der Waals surface area contributed by atoms with Crippen LogP contribution in [0.1, 0.15) is 21.5 Å². The number of alkyl halides is 3. The third kappa shape index (κ3) is 3.43. The van der Waals surface area contributed by atoms with E-state index in [0.717, 1.165) is 10.1 Å². The molecule has 0 unspecified atom stereocenters. The van der Waals surface area contributed by atoms with Crippen LogP contribution in [0.25, 0.3) is 5.69 Å². The number of aromatic nitrogens is 2. The molecule has 0 bridgehead atoms. The van der Waals surface area contributed by atoms with Crippen molar-refractivity contribution in [3.05, 3.63) is 86.1 Å². The number of amides is 2. The van der Waals surface area contributed by atoms with Crippen LogP contribution in [0.15, 0.2) is 58.1 Å². The van der Waals surface area contributed by atoms with Gasteiger partial charge in [-0.25, -0.2) is 9.36 Å². The van der Waals surface area contributed by atoms with E-state index in [-0.39, 0.29) is 17.0 Å². The van der Waals surface area contributed by atoms with Crippen LogP contribution < -0.4 is 26.6 Å². The Morgan fingerprint density at radius 3 is 2.38 bits per heavy atom. The summed E-state index contributed by atoms with van der Waals surface area (Å²) < 4.78 is 49.2. The van der Waals surface area contributed by atoms with E-state index in [2.05, 4.69) is 0 Å². The maximum absolute atomic E-state index is 14.5. The smallest absolute Gasteiger partial charge is 0.425 e. The molecule has 1 aliphatic rings. The second-order valence-corrected chi connectivity index (χ2v) is 7.54. The summed E-state index contributed by atoms with van der Waals surface area (Å²) in [6.45, 7) is 1.76. The molecule has 0 spiro atoms. The lowest BCUT2D eigenvalue weighted by molar-refractivity contribution is -0.196. The molecule has 1 aromatic heterocycles. The molecule has 34 heavy (non-hydrogen) atoms. The summed E-state index contributed by atoms with van der Waals surface area (Å²) in [6, 6.07) is 11.3. The van der Waals surface area contributed by atoms with Gasteiger partial charge < -0.3 is 15.4 Å². The first-order chi connectivity index (χ1) is 16.0. The van der Waals surface area contributed by atoms with Gasteiger partial charge in [0, 0.05) is 5.56 Å². The number of aromatic amines is 1. The molecular formula is C22H17F3N4O5. The Bertz CT molecular complexity index is 1430. The summed E-state index contributed by atoms with van der Waals surface area (Å²) in [5.74, 6) is -3.52. The summed E-state index contributed by atoms with van der Waals surface area (Å²) in [5, 5.41) is 3.67. The number of nitrogens with one attached hydrogen (secondary N) is 3. The standard InChI is InChI=1S/C22H17F3N4O5/c1-11-6-8-13(9-7-11)29-16-15(18(31)27-20(29)33)21(19(32)26-16,22(23,24)25)28-17(30)12-4-3-5-14(10-12)34-2/h3-10H,1-2H3,(H,26,32)(H,28,30)(H,27,31,33)/t21-/m0/s1. The first-order valence-electron chi connectivity index (χ1n) is 9.81. The van der Waals surface area contributed by atoms with Gasteiger partial charge in [0.05, 0.1) is 12.8 Å². The summed E-state index contributed by atoms with van der Waals surface area (Å²) in [7, 11) is 1.30. The Hall–Kier alpha value is -4.35. The maximum atomic E-state index is 14.5. The van der Waals surface area contributed by atoms with Gasteiger partial charge in [-0.15, -0.1) is 0 Å². The van der Waals surface area contributed by atoms with Crippen LogP contribution in [0.4, 0.5) is 19.0 Å². The Morgan fingerprint density at radius 1 is 1.09 bits per heavy atom. The van der Waals surface area contributed by atoms with Crippen molar-refractivity contribution in [2.75, 3.05) is 12.4 Å². The van der Waals surface area contributed by atoms with Crippen molar-refractivity contribution >= 4 is 17.6 Å². The normalized spacial score (nSPS) is 17.1. The molecule has 2 heterocycles. The van der Waals surface area contributed by atoms with Crippen molar-refractivity contribution in [2.45, 2.75) is 18.6 Å². The quantitative estimate of drug-likeness (QED) is 0.534. The predicted octanol–water partition coefficient (Wildman–Crippen LogP) is 1.98. The van der Waals surface area contributed by atoms with Crippen molar-refractivity contribution in [1.29, 1.82) is 0 Å². The molecule has 9 nitrogen and oxygen atoms in total. The lowest BCUT2D eigenvalue weighted by Crippen LogP contribution is -2.62. The van der Waals surface area contributed by atoms with Gasteiger partial charge in [-0.3, -0.25) is 19.4 Å². The van der Waals surface area contributed by atoms with Gasteiger partial charge in [0.2, 0.25) is 0 Å². The predicted molar refractivity (Wildman–Crippen MR) is 114 cm³/mol. The molecule has 176 valence electrons. The first-order valence-corrected chi connectivity index (χ1v) is 9.81. The Labute approximate surface area is 189 Å². The summed E-state index contributed by atoms with van der Waals surface area (Å²) in [6.07, 6.45) is -5.45. The monoisotopic (exact) mass is 474 g/mol. The molecule has 1 aliphatic heterocycles. The van der Waals surface area contributed by atoms with Crippen molar-refractivity contribution in [2.24, 2.45) is 0 Å². The Balaban J connectivity index is 1.95. The third-order valence-corrected chi connectivity index (χ3v) is 5.41. The highest BCUT2D eigenvalue weighted by atomic mass is 19.4. The maximum Gasteiger partial charge on any atom is 0.425 e. The number of hydrogen-bond donors (Lipinski definition) is 3. The van der Waals surface area contributed by atoms with Crippen molar-refractivity contribution in [3.8, 4) is 11.4 Å². The number of ether oxygens (including phenoxy) is 1. The number of methoxy groups -OCH3 is 1. The largest absolute Gasteiger partial charge is 0.497 e. The number of nitrogens with zero attached hydrogens (tertiary/aromatic N) is 1. The van der Waals surface area contributed by atoms with Gasteiger partial charge in [-0.1, -0.05) is 23.8 Å². The number of rotatable bonds is 4. The average molecular weight is 474 g/mol. The number of fused-ring (bicyclic) bond motifs is 1. The molecule has 4 rings (SSSR count). The average Bonchev–Trinajstić information content (AvgIpc) is 3.08. The van der Waals surface area contributed by atoms with Crippen LogP contribution in [0.3, 0.4) is 0 Å². The van der Waals surface area contributed by atoms with Crippen LogP contribution in [-0.2, 0) is 10.3 Å². The number of halogens is 3. The second kappa shape index (κ2) is 7.90. The van der Waals surface area contributed by atoms with Gasteiger partial charge in [0.15, 0.2) is 0 Å². The Morgan fingerprint density at radius 2 is 1.76 bits per heavy atom. The van der Waals surface area contributed by atoms with E-state index >= 15 is 0 Å². The van der Waals surface area contributed by atoms with E-state index in [9.17, 15) is 32.3 Å². The van der Waals surface area contributed by atoms with E-state index in [1.807, 2.05) is 10.3 Å². The molecular weight excluding hydrogens is 457 g/mol. The highest BCUT2D eigenvalue weighted by molar-refractivity contribution is 6.09. The summed E-state index contributed by atoms with van der Waals surface area (Å²) in [5.41, 5.74) is -6.78. The molecule has 3 aromatic rings. The van der Waals surface area contributed by atoms with Crippen LogP contribution >= 0.6 is 0 Å². The second-order valence-electron chi connectivity index (χ2n) is 7.54. The van der Waals surface area contributed by atoms with E-state index in [0.29, 0.717) is 0 Å². The highest BCUT2D eigenvalue weighted by Crippen LogP contribution is 2.45. The van der Waals surface area contributed by atoms with Gasteiger partial charge in [-0.2, -0.15) is 13.2 Å². The number of benzene rings is 2. The van der Waals surface area contributed by atoms with Crippen LogP contribution in [0.2, 0.25) is 0 Å². The summed E-state index contributed by atoms with van der Waals surface area (Å²) in [4.78, 5) is 52.7. The fourth-order valence-corrected chi connectivity index (χ4v) is 3.73. The topological polar surface area (TPSA) is 122 Å². The molecule has 3 N–H and O–H groups in total. The molecule has 0 fully saturated rings.